The first kappa shape index (κ1) is 82.9. The van der Waals surface area contributed by atoms with Crippen molar-refractivity contribution in [3.8, 4) is 0 Å². The van der Waals surface area contributed by atoms with E-state index >= 15 is 19.2 Å². The summed E-state index contributed by atoms with van der Waals surface area (Å²) in [5.41, 5.74) is 1.04. The molecule has 5 aliphatic rings. The van der Waals surface area contributed by atoms with Crippen LogP contribution in [0.5, 0.6) is 0 Å². The molecule has 0 radical (unpaired) electrons. The van der Waals surface area contributed by atoms with Crippen LogP contribution in [-0.2, 0) is 89.6 Å². The van der Waals surface area contributed by atoms with E-state index in [4.69, 9.17) is 0 Å². The lowest BCUT2D eigenvalue weighted by molar-refractivity contribution is -0.149. The van der Waals surface area contributed by atoms with E-state index in [2.05, 4.69) is 58.5 Å². The maximum atomic E-state index is 15.3. The molecular formula is C70H98N14O19S2. The van der Waals surface area contributed by atoms with Gasteiger partial charge in [0.2, 0.25) is 82.7 Å². The van der Waals surface area contributed by atoms with E-state index in [0.29, 0.717) is 36.8 Å². The Kier molecular flexibility index (Phi) is 31.7. The first-order valence-electron chi connectivity index (χ1n) is 35.7. The molecule has 14 N–H and O–H groups in total. The van der Waals surface area contributed by atoms with Crippen molar-refractivity contribution in [3.05, 3.63) is 71.8 Å². The van der Waals surface area contributed by atoms with Gasteiger partial charge >= 0.3 is 11.9 Å². The van der Waals surface area contributed by atoms with Crippen molar-refractivity contribution < 1.29 is 92.0 Å². The SMILES string of the molecule is CCCCC1NC(=O)[C@@H]2CSSC[C@H](NC(=O)[C@H]([C@@H](C)CC)NC(=O)[C@@H]3CCCN3C(=O)[C@@H]3CCCN3C(=O)[C@H]([C@@H](C)CC)NC(=O)[C@H](CO)NC(=O)[C@H](Cc3ccccc3)NC1=O)C(=O)N[C@@H](Cc1ccccc1)C(=O)N1CCC[C@H]1C(=O)N[C@@H](CC(=O)O)C(=O)NCC(=O)N[C@@H](CC(=O)O)C(=O)N2. The minimum absolute atomic E-state index is 0.00683. The quantitative estimate of drug-likeness (QED) is 0.0812. The van der Waals surface area contributed by atoms with Crippen LogP contribution in [0.15, 0.2) is 60.7 Å². The van der Waals surface area contributed by atoms with Gasteiger partial charge in [0.1, 0.15) is 78.5 Å². The maximum absolute atomic E-state index is 15.3. The third-order valence-electron chi connectivity index (χ3n) is 19.5. The molecule has 0 aromatic heterocycles. The zero-order valence-corrected chi connectivity index (χ0v) is 61.2. The molecule has 105 heavy (non-hydrogen) atoms. The zero-order chi connectivity index (χ0) is 76.6. The van der Waals surface area contributed by atoms with E-state index in [0.717, 1.165) is 26.5 Å². The van der Waals surface area contributed by atoms with Gasteiger partial charge in [0, 0.05) is 44.0 Å². The molecule has 7 rings (SSSR count). The second kappa shape index (κ2) is 40.2. The highest BCUT2D eigenvalue weighted by atomic mass is 33.1. The number of carboxylic acid groups (broad SMARTS) is 2. The molecule has 15 atom stereocenters. The van der Waals surface area contributed by atoms with E-state index in [1.54, 1.807) is 95.3 Å². The van der Waals surface area contributed by atoms with Crippen molar-refractivity contribution in [2.45, 2.75) is 209 Å². The van der Waals surface area contributed by atoms with E-state index < -0.39 is 223 Å². The van der Waals surface area contributed by atoms with Crippen molar-refractivity contribution in [1.82, 2.24) is 73.2 Å². The van der Waals surface area contributed by atoms with Crippen molar-refractivity contribution in [1.29, 1.82) is 0 Å². The monoisotopic (exact) mass is 1500 g/mol. The number of nitrogens with zero attached hydrogens (tertiary/aromatic N) is 3. The average Bonchev–Trinajstić information content (AvgIpc) is 1.69. The number of rotatable bonds is 16. The second-order valence-corrected chi connectivity index (χ2v) is 29.6. The molecule has 33 nitrogen and oxygen atoms in total. The lowest BCUT2D eigenvalue weighted by Gasteiger charge is -2.35. The van der Waals surface area contributed by atoms with Gasteiger partial charge in [0.25, 0.3) is 0 Å². The van der Waals surface area contributed by atoms with Gasteiger partial charge in [0.15, 0.2) is 0 Å². The number of carbonyl (C=O) groups is 16. The van der Waals surface area contributed by atoms with Crippen molar-refractivity contribution in [2.24, 2.45) is 11.8 Å². The van der Waals surface area contributed by atoms with Gasteiger partial charge in [-0.3, -0.25) is 76.7 Å². The molecule has 5 saturated heterocycles. The summed E-state index contributed by atoms with van der Waals surface area (Å²) in [7, 11) is 1.68. The van der Waals surface area contributed by atoms with E-state index in [1.807, 2.05) is 0 Å². The fraction of sp³-hybridized carbons (Fsp3) is 0.600. The molecular weight excluding hydrogens is 1400 g/mol. The summed E-state index contributed by atoms with van der Waals surface area (Å²) < 4.78 is 0. The van der Waals surface area contributed by atoms with Gasteiger partial charge in [-0.05, 0) is 67.9 Å². The van der Waals surface area contributed by atoms with Gasteiger partial charge in [-0.15, -0.1) is 0 Å². The molecule has 574 valence electrons. The van der Waals surface area contributed by atoms with Gasteiger partial charge in [-0.2, -0.15) is 0 Å². The zero-order valence-electron chi connectivity index (χ0n) is 59.5. The summed E-state index contributed by atoms with van der Waals surface area (Å²) in [5, 5.41) is 58.9. The minimum Gasteiger partial charge on any atom is -0.481 e. The lowest BCUT2D eigenvalue weighted by Crippen LogP contribution is -2.62. The van der Waals surface area contributed by atoms with Crippen LogP contribution >= 0.6 is 21.6 Å². The molecule has 0 spiro atoms. The predicted molar refractivity (Wildman–Crippen MR) is 382 cm³/mol. The second-order valence-electron chi connectivity index (χ2n) is 27.0. The van der Waals surface area contributed by atoms with Crippen LogP contribution in [0.25, 0.3) is 0 Å². The first-order chi connectivity index (χ1) is 50.2. The van der Waals surface area contributed by atoms with Crippen LogP contribution in [0.4, 0.5) is 0 Å². The number of amides is 14. The number of aliphatic hydroxyl groups excluding tert-OH is 1. The van der Waals surface area contributed by atoms with Crippen LogP contribution in [0.1, 0.15) is 129 Å². The Morgan fingerprint density at radius 3 is 1.40 bits per heavy atom. The Balaban J connectivity index is 1.35. The summed E-state index contributed by atoms with van der Waals surface area (Å²) in [6.45, 7) is 6.76. The molecule has 2 bridgehead atoms. The van der Waals surface area contributed by atoms with E-state index in [9.17, 15) is 72.9 Å². The predicted octanol–water partition coefficient (Wildman–Crippen LogP) is -1.96. The molecule has 14 amide bonds. The maximum Gasteiger partial charge on any atom is 0.305 e. The Hall–Kier alpha value is -9.38. The smallest absolute Gasteiger partial charge is 0.305 e. The number of carbonyl (C=O) groups excluding carboxylic acids is 14. The number of aliphatic carboxylic acids is 2. The van der Waals surface area contributed by atoms with Crippen LogP contribution in [0, 0.1) is 11.8 Å². The van der Waals surface area contributed by atoms with Crippen LogP contribution in [0.3, 0.4) is 0 Å². The van der Waals surface area contributed by atoms with Crippen LogP contribution in [0.2, 0.25) is 0 Å². The molecule has 0 aliphatic carbocycles. The third kappa shape index (κ3) is 23.3. The largest absolute Gasteiger partial charge is 0.481 e. The summed E-state index contributed by atoms with van der Waals surface area (Å²) in [6, 6.07) is -3.22. The van der Waals surface area contributed by atoms with Gasteiger partial charge in [-0.25, -0.2) is 0 Å². The van der Waals surface area contributed by atoms with Gasteiger partial charge in [0.05, 0.1) is 26.0 Å². The summed E-state index contributed by atoms with van der Waals surface area (Å²) in [6.07, 6.45) is -0.115. The molecule has 5 fully saturated rings. The van der Waals surface area contributed by atoms with Crippen molar-refractivity contribution in [2.75, 3.05) is 44.3 Å². The highest BCUT2D eigenvalue weighted by Gasteiger charge is 2.47. The molecule has 2 aromatic carbocycles. The summed E-state index contributed by atoms with van der Waals surface area (Å²) >= 11 is 0. The lowest BCUT2D eigenvalue weighted by atomic mass is 9.96. The normalized spacial score (nSPS) is 28.2. The summed E-state index contributed by atoms with van der Waals surface area (Å²) in [5.74, 6) is -18.7. The van der Waals surface area contributed by atoms with Gasteiger partial charge in [-0.1, -0.05) is 143 Å². The Bertz CT molecular complexity index is 3490. The molecule has 0 saturated carbocycles. The number of benzene rings is 2. The van der Waals surface area contributed by atoms with Gasteiger partial charge < -0.3 is 88.5 Å². The van der Waals surface area contributed by atoms with Crippen molar-refractivity contribution in [3.63, 3.8) is 0 Å². The number of unbranched alkanes of at least 4 members (excludes halogenated alkanes) is 1. The Labute approximate surface area is 616 Å². The van der Waals surface area contributed by atoms with Crippen LogP contribution < -0.4 is 58.5 Å². The number of nitrogens with one attached hydrogen (secondary N) is 11. The number of carboxylic acids is 2. The van der Waals surface area contributed by atoms with Crippen LogP contribution in [-0.4, -0.2) is 247 Å². The standard InChI is InChI=1S/C70H98N14O19S2/c1-6-9-23-42-59(92)74-43(30-40-19-12-10-13-20-40)60(93)77-47(35-85)62(95)81-57(39(5)8-3)70(103)84-29-18-26-52(84)69(102)83-28-17-25-51(83)66(99)80-56(38(4)7-2)67(100)79-49-37-105-104-36-48(63(96)73-42)78-61(94)45(33-55(89)90)72-53(86)34-71-58(91)44(32-54(87)88)75-65(98)50-24-16-27-82(50)68(101)46(76-64(49)97)31-41-21-14-11-15-22-41/h10-15,19-22,38-39,42-52,56-57,85H,6-9,16-18,23-37H2,1-5H3,(H,71,91)(H,72,86)(H,73,96)(H,74,92)(H,75,98)(H,76,97)(H,77,93)(H,78,94)(H,79,100)(H,80,99)(H,81,95)(H,87,88)(H,89,90)/t38-,39-,42?,43-,44-,45-,46-,47-,48-,49-,50-,51-,52-,56-,57-/m0/s1. The number of aliphatic hydroxyl groups is 1. The molecule has 35 heteroatoms. The number of fused-ring (bicyclic) bond motifs is 8. The fourth-order valence-corrected chi connectivity index (χ4v) is 15.5. The minimum atomic E-state index is -2.02. The third-order valence-corrected chi connectivity index (χ3v) is 21.9. The number of hydrogen-bond acceptors (Lipinski definition) is 19. The highest BCUT2D eigenvalue weighted by Crippen LogP contribution is 2.29. The molecule has 5 heterocycles. The van der Waals surface area contributed by atoms with E-state index in [-0.39, 0.29) is 77.4 Å². The summed E-state index contributed by atoms with van der Waals surface area (Å²) in [4.78, 5) is 234. The van der Waals surface area contributed by atoms with Crippen molar-refractivity contribution >= 4 is 116 Å². The van der Waals surface area contributed by atoms with E-state index in [1.165, 1.54) is 9.80 Å². The topological polar surface area (TPSA) is 476 Å². The first-order valence-corrected chi connectivity index (χ1v) is 38.2. The fourth-order valence-electron chi connectivity index (χ4n) is 13.1. The number of hydrogen-bond donors (Lipinski definition) is 14. The Morgan fingerprint density at radius 1 is 0.448 bits per heavy atom. The molecule has 2 aromatic rings. The molecule has 1 unspecified atom stereocenters. The average molecular weight is 1500 g/mol. The Morgan fingerprint density at radius 2 is 0.867 bits per heavy atom. The highest BCUT2D eigenvalue weighted by molar-refractivity contribution is 8.76. The molecule has 5 aliphatic heterocycles.